The predicted molar refractivity (Wildman–Crippen MR) is 253 cm³/mol. The highest BCUT2D eigenvalue weighted by Gasteiger charge is 2.48. The van der Waals surface area contributed by atoms with Crippen LogP contribution in [0.3, 0.4) is 0 Å². The van der Waals surface area contributed by atoms with E-state index >= 15 is 0 Å². The molecular formula is C60H41N. The van der Waals surface area contributed by atoms with Crippen LogP contribution in [-0.4, -0.2) is 0 Å². The van der Waals surface area contributed by atoms with Gasteiger partial charge in [0.1, 0.15) is 0 Å². The fraction of sp³-hybridized carbons (Fsp3) is 0.0333. The van der Waals surface area contributed by atoms with E-state index in [-0.39, 0.29) is 0 Å². The second-order valence-corrected chi connectivity index (χ2v) is 16.4. The highest BCUT2D eigenvalue weighted by atomic mass is 15.1. The van der Waals surface area contributed by atoms with Crippen molar-refractivity contribution in [2.45, 2.75) is 10.8 Å². The summed E-state index contributed by atoms with van der Waals surface area (Å²) in [5.74, 6) is 0. The maximum Gasteiger partial charge on any atom is 0.0714 e. The normalized spacial score (nSPS) is 13.8. The number of hydrogen-bond acceptors (Lipinski definition) is 1. The average molecular weight is 776 g/mol. The minimum atomic E-state index is -0.519. The Kier molecular flexibility index (Phi) is 8.05. The summed E-state index contributed by atoms with van der Waals surface area (Å²) in [6, 6.07) is 92.3. The standard InChI is InChI=1S/C60H41N/c1-5-21-44(22-6-1)59(45-23-7-2-8-24-45)55-31-17-15-29-51(55)53-37-35-49(40-57(53)59)61(48-34-33-42-19-13-14-20-43(42)39-48)50-36-38-54-52-30-16-18-32-56(52)60(58(54)41-50,46-25-9-3-10-26-46)47-27-11-4-12-28-47/h1-41H. The summed E-state index contributed by atoms with van der Waals surface area (Å²) in [6.45, 7) is 0. The molecule has 0 aromatic heterocycles. The van der Waals surface area contributed by atoms with Gasteiger partial charge in [0.05, 0.1) is 10.8 Å². The second kappa shape index (κ2) is 13.9. The van der Waals surface area contributed by atoms with Crippen LogP contribution in [0.1, 0.15) is 44.5 Å². The molecule has 10 aromatic carbocycles. The summed E-state index contributed by atoms with van der Waals surface area (Å²) in [6.07, 6.45) is 0. The molecule has 61 heavy (non-hydrogen) atoms. The zero-order valence-corrected chi connectivity index (χ0v) is 33.6. The first kappa shape index (κ1) is 35.2. The Bertz CT molecular complexity index is 2980. The minimum Gasteiger partial charge on any atom is -0.310 e. The number of anilines is 3. The van der Waals surface area contributed by atoms with Crippen LogP contribution in [0.4, 0.5) is 17.1 Å². The predicted octanol–water partition coefficient (Wildman–Crippen LogP) is 15.0. The summed E-state index contributed by atoms with van der Waals surface area (Å²) in [5, 5.41) is 2.43. The van der Waals surface area contributed by atoms with Crippen LogP contribution in [-0.2, 0) is 10.8 Å². The molecule has 10 aromatic rings. The molecule has 0 N–H and O–H groups in total. The number of benzene rings is 10. The molecule has 12 rings (SSSR count). The molecule has 0 fully saturated rings. The van der Waals surface area contributed by atoms with Gasteiger partial charge in [-0.1, -0.05) is 212 Å². The third-order valence-electron chi connectivity index (χ3n) is 13.4. The number of hydrogen-bond donors (Lipinski definition) is 0. The fourth-order valence-corrected chi connectivity index (χ4v) is 10.9. The lowest BCUT2D eigenvalue weighted by Crippen LogP contribution is -2.29. The van der Waals surface area contributed by atoms with Crippen LogP contribution in [0.5, 0.6) is 0 Å². The molecule has 2 aliphatic rings. The van der Waals surface area contributed by atoms with Gasteiger partial charge in [-0.15, -0.1) is 0 Å². The molecule has 0 saturated heterocycles. The smallest absolute Gasteiger partial charge is 0.0714 e. The van der Waals surface area contributed by atoms with Gasteiger partial charge in [0.2, 0.25) is 0 Å². The van der Waals surface area contributed by atoms with E-state index in [0.717, 1.165) is 17.1 Å². The molecule has 0 atom stereocenters. The lowest BCUT2D eigenvalue weighted by atomic mass is 9.67. The van der Waals surface area contributed by atoms with Crippen molar-refractivity contribution < 1.29 is 0 Å². The molecular weight excluding hydrogens is 735 g/mol. The highest BCUT2D eigenvalue weighted by Crippen LogP contribution is 2.59. The summed E-state index contributed by atoms with van der Waals surface area (Å²) in [7, 11) is 0. The van der Waals surface area contributed by atoms with E-state index in [2.05, 4.69) is 254 Å². The molecule has 2 aliphatic carbocycles. The zero-order chi connectivity index (χ0) is 40.4. The summed E-state index contributed by atoms with van der Waals surface area (Å²) in [5.41, 5.74) is 17.6. The summed E-state index contributed by atoms with van der Waals surface area (Å²) < 4.78 is 0. The van der Waals surface area contributed by atoms with Crippen molar-refractivity contribution in [2.24, 2.45) is 0 Å². The van der Waals surface area contributed by atoms with Crippen LogP contribution in [0, 0.1) is 0 Å². The zero-order valence-electron chi connectivity index (χ0n) is 33.6. The van der Waals surface area contributed by atoms with Gasteiger partial charge >= 0.3 is 0 Å². The third-order valence-corrected chi connectivity index (χ3v) is 13.4. The van der Waals surface area contributed by atoms with Crippen molar-refractivity contribution in [1.29, 1.82) is 0 Å². The van der Waals surface area contributed by atoms with Gasteiger partial charge in [0.25, 0.3) is 0 Å². The van der Waals surface area contributed by atoms with E-state index in [0.29, 0.717) is 0 Å². The van der Waals surface area contributed by atoms with Crippen molar-refractivity contribution in [2.75, 3.05) is 4.90 Å². The Morgan fingerprint density at radius 1 is 0.230 bits per heavy atom. The molecule has 0 unspecified atom stereocenters. The van der Waals surface area contributed by atoms with Gasteiger partial charge in [-0.2, -0.15) is 0 Å². The van der Waals surface area contributed by atoms with Crippen molar-refractivity contribution in [1.82, 2.24) is 0 Å². The van der Waals surface area contributed by atoms with Gasteiger partial charge in [0.15, 0.2) is 0 Å². The summed E-state index contributed by atoms with van der Waals surface area (Å²) in [4.78, 5) is 2.49. The molecule has 1 nitrogen and oxygen atoms in total. The Morgan fingerprint density at radius 3 is 1.00 bits per heavy atom. The SMILES string of the molecule is c1ccc(C2(c3ccccc3)c3ccccc3-c3ccc(N(c4ccc5c(c4)C(c4ccccc4)(c4ccccc4)c4ccccc4-5)c4ccc5ccccc5c4)cc32)cc1. The van der Waals surface area contributed by atoms with Gasteiger partial charge < -0.3 is 4.90 Å². The lowest BCUT2D eigenvalue weighted by molar-refractivity contribution is 0.767. The number of nitrogens with zero attached hydrogens (tertiary/aromatic N) is 1. The molecule has 0 spiro atoms. The van der Waals surface area contributed by atoms with Crippen LogP contribution in [0.15, 0.2) is 249 Å². The van der Waals surface area contributed by atoms with Crippen molar-refractivity contribution in [3.8, 4) is 22.3 Å². The molecule has 0 amide bonds. The molecule has 0 heterocycles. The highest BCUT2D eigenvalue weighted by molar-refractivity contribution is 5.94. The lowest BCUT2D eigenvalue weighted by Gasteiger charge is -2.36. The van der Waals surface area contributed by atoms with Gasteiger partial charge in [-0.05, 0) is 114 Å². The van der Waals surface area contributed by atoms with E-state index in [1.165, 1.54) is 77.5 Å². The Balaban J connectivity index is 1.15. The van der Waals surface area contributed by atoms with E-state index in [4.69, 9.17) is 0 Å². The first-order valence-electron chi connectivity index (χ1n) is 21.3. The summed E-state index contributed by atoms with van der Waals surface area (Å²) >= 11 is 0. The molecule has 0 radical (unpaired) electrons. The maximum absolute atomic E-state index is 2.49. The fourth-order valence-electron chi connectivity index (χ4n) is 10.9. The molecule has 0 saturated carbocycles. The monoisotopic (exact) mass is 775 g/mol. The van der Waals surface area contributed by atoms with E-state index in [1.54, 1.807) is 0 Å². The first-order chi connectivity index (χ1) is 30.3. The molecule has 0 aliphatic heterocycles. The van der Waals surface area contributed by atoms with Gasteiger partial charge in [-0.3, -0.25) is 0 Å². The molecule has 1 heteroatoms. The van der Waals surface area contributed by atoms with Crippen molar-refractivity contribution in [3.05, 3.63) is 293 Å². The van der Waals surface area contributed by atoms with Crippen LogP contribution in [0.25, 0.3) is 33.0 Å². The van der Waals surface area contributed by atoms with Crippen LogP contribution in [0.2, 0.25) is 0 Å². The minimum absolute atomic E-state index is 0.519. The third kappa shape index (κ3) is 5.14. The van der Waals surface area contributed by atoms with E-state index in [1.807, 2.05) is 0 Å². The maximum atomic E-state index is 2.49. The van der Waals surface area contributed by atoms with Gasteiger partial charge in [0, 0.05) is 17.1 Å². The molecule has 286 valence electrons. The number of fused-ring (bicyclic) bond motifs is 7. The van der Waals surface area contributed by atoms with Gasteiger partial charge in [-0.25, -0.2) is 0 Å². The average Bonchev–Trinajstić information content (AvgIpc) is 3.81. The molecule has 0 bridgehead atoms. The first-order valence-corrected chi connectivity index (χ1v) is 21.3. The largest absolute Gasteiger partial charge is 0.310 e. The van der Waals surface area contributed by atoms with E-state index < -0.39 is 10.8 Å². The Hall–Kier alpha value is -7.74. The Morgan fingerprint density at radius 2 is 0.557 bits per heavy atom. The second-order valence-electron chi connectivity index (χ2n) is 16.4. The van der Waals surface area contributed by atoms with Crippen LogP contribution >= 0.6 is 0 Å². The quantitative estimate of drug-likeness (QED) is 0.156. The van der Waals surface area contributed by atoms with Crippen molar-refractivity contribution >= 4 is 27.8 Å². The Labute approximate surface area is 357 Å². The van der Waals surface area contributed by atoms with E-state index in [9.17, 15) is 0 Å². The topological polar surface area (TPSA) is 3.24 Å². The van der Waals surface area contributed by atoms with Crippen molar-refractivity contribution in [3.63, 3.8) is 0 Å². The number of rotatable bonds is 7. The van der Waals surface area contributed by atoms with Crippen LogP contribution < -0.4 is 4.90 Å².